The van der Waals surface area contributed by atoms with E-state index in [9.17, 15) is 9.90 Å². The quantitative estimate of drug-likeness (QED) is 0.722. The molecule has 0 spiro atoms. The highest BCUT2D eigenvalue weighted by molar-refractivity contribution is 6.77. The first-order chi connectivity index (χ1) is 8.09. The van der Waals surface area contributed by atoms with Gasteiger partial charge in [0.05, 0.1) is 12.1 Å². The molecule has 2 atom stereocenters. The van der Waals surface area contributed by atoms with E-state index in [1.54, 1.807) is 0 Å². The SMILES string of the molecule is CC(C)(C)OC(=O)N[C@H]1CC[Si](C)(C)CC[C@H]1O. The van der Waals surface area contributed by atoms with E-state index >= 15 is 0 Å². The summed E-state index contributed by atoms with van der Waals surface area (Å²) in [6.07, 6.45) is 0.791. The second kappa shape index (κ2) is 5.61. The topological polar surface area (TPSA) is 58.6 Å². The zero-order valence-corrected chi connectivity index (χ0v) is 13.2. The van der Waals surface area contributed by atoms with E-state index in [1.165, 1.54) is 0 Å². The lowest BCUT2D eigenvalue weighted by atomic mass is 10.1. The van der Waals surface area contributed by atoms with Crippen LogP contribution in [0.25, 0.3) is 0 Å². The molecule has 106 valence electrons. The van der Waals surface area contributed by atoms with E-state index < -0.39 is 25.9 Å². The largest absolute Gasteiger partial charge is 0.444 e. The average molecular weight is 273 g/mol. The van der Waals surface area contributed by atoms with Crippen molar-refractivity contribution in [1.82, 2.24) is 5.32 Å². The minimum absolute atomic E-state index is 0.158. The fourth-order valence-electron chi connectivity index (χ4n) is 2.23. The van der Waals surface area contributed by atoms with Crippen LogP contribution in [0.15, 0.2) is 0 Å². The van der Waals surface area contributed by atoms with Crippen molar-refractivity contribution in [2.75, 3.05) is 0 Å². The van der Waals surface area contributed by atoms with Crippen LogP contribution in [0.2, 0.25) is 25.2 Å². The van der Waals surface area contributed by atoms with Gasteiger partial charge in [-0.1, -0.05) is 25.2 Å². The van der Waals surface area contributed by atoms with Gasteiger partial charge in [0.25, 0.3) is 0 Å². The van der Waals surface area contributed by atoms with Gasteiger partial charge in [0.15, 0.2) is 0 Å². The van der Waals surface area contributed by atoms with Gasteiger partial charge in [-0.05, 0) is 33.6 Å². The van der Waals surface area contributed by atoms with Crippen LogP contribution in [0, 0.1) is 0 Å². The molecule has 1 fully saturated rings. The van der Waals surface area contributed by atoms with Crippen LogP contribution in [0.1, 0.15) is 33.6 Å². The Hall–Kier alpha value is -0.553. The smallest absolute Gasteiger partial charge is 0.407 e. The van der Waals surface area contributed by atoms with Crippen molar-refractivity contribution in [3.63, 3.8) is 0 Å². The van der Waals surface area contributed by atoms with E-state index in [1.807, 2.05) is 20.8 Å². The first-order valence-corrected chi connectivity index (χ1v) is 10.2. The van der Waals surface area contributed by atoms with Gasteiger partial charge < -0.3 is 15.2 Å². The summed E-state index contributed by atoms with van der Waals surface area (Å²) in [6, 6.07) is 2.11. The first kappa shape index (κ1) is 15.5. The van der Waals surface area contributed by atoms with Gasteiger partial charge in [-0.25, -0.2) is 4.79 Å². The Bertz CT molecular complexity index is 299. The third kappa shape index (κ3) is 5.39. The van der Waals surface area contributed by atoms with Crippen LogP contribution >= 0.6 is 0 Å². The molecule has 0 radical (unpaired) electrons. The molecule has 5 heteroatoms. The van der Waals surface area contributed by atoms with Crippen molar-refractivity contribution in [1.29, 1.82) is 0 Å². The van der Waals surface area contributed by atoms with Crippen LogP contribution < -0.4 is 5.32 Å². The molecular formula is C13H27NO3Si. The predicted molar refractivity (Wildman–Crippen MR) is 75.5 cm³/mol. The zero-order valence-electron chi connectivity index (χ0n) is 12.2. The van der Waals surface area contributed by atoms with Crippen LogP contribution in [0.5, 0.6) is 0 Å². The fraction of sp³-hybridized carbons (Fsp3) is 0.923. The zero-order chi connectivity index (χ0) is 14.0. The Balaban J connectivity index is 2.53. The van der Waals surface area contributed by atoms with Crippen molar-refractivity contribution < 1.29 is 14.6 Å². The van der Waals surface area contributed by atoms with E-state index in [0.29, 0.717) is 0 Å². The highest BCUT2D eigenvalue weighted by Crippen LogP contribution is 2.27. The van der Waals surface area contributed by atoms with Crippen molar-refractivity contribution in [3.05, 3.63) is 0 Å². The number of ether oxygens (including phenoxy) is 1. The minimum Gasteiger partial charge on any atom is -0.444 e. The van der Waals surface area contributed by atoms with E-state index in [4.69, 9.17) is 4.74 Å². The molecular weight excluding hydrogens is 246 g/mol. The van der Waals surface area contributed by atoms with Crippen molar-refractivity contribution >= 4 is 14.2 Å². The Morgan fingerprint density at radius 2 is 1.83 bits per heavy atom. The van der Waals surface area contributed by atoms with Gasteiger partial charge in [0.2, 0.25) is 0 Å². The number of hydrogen-bond acceptors (Lipinski definition) is 3. The van der Waals surface area contributed by atoms with E-state index in [2.05, 4.69) is 18.4 Å². The molecule has 0 aromatic carbocycles. The number of hydrogen-bond donors (Lipinski definition) is 2. The highest BCUT2D eigenvalue weighted by atomic mass is 28.3. The van der Waals surface area contributed by atoms with E-state index in [0.717, 1.165) is 24.9 Å². The van der Waals surface area contributed by atoms with Crippen molar-refractivity contribution in [2.24, 2.45) is 0 Å². The normalized spacial score (nSPS) is 28.3. The molecule has 1 aliphatic heterocycles. The van der Waals surface area contributed by atoms with Crippen molar-refractivity contribution in [3.8, 4) is 0 Å². The molecule has 0 aliphatic carbocycles. The van der Waals surface area contributed by atoms with Crippen LogP contribution in [-0.4, -0.2) is 37.0 Å². The monoisotopic (exact) mass is 273 g/mol. The van der Waals surface area contributed by atoms with Gasteiger partial charge >= 0.3 is 6.09 Å². The number of amides is 1. The molecule has 1 aliphatic rings. The molecule has 1 rings (SSSR count). The molecule has 0 aromatic rings. The number of aliphatic hydroxyl groups excluding tert-OH is 1. The molecule has 0 unspecified atom stereocenters. The molecule has 0 bridgehead atoms. The number of nitrogens with one attached hydrogen (secondary N) is 1. The maximum Gasteiger partial charge on any atom is 0.407 e. The third-order valence-electron chi connectivity index (χ3n) is 3.42. The molecule has 1 saturated heterocycles. The summed E-state index contributed by atoms with van der Waals surface area (Å²) >= 11 is 0. The summed E-state index contributed by atoms with van der Waals surface area (Å²) in [7, 11) is -1.17. The number of aliphatic hydroxyl groups is 1. The van der Waals surface area contributed by atoms with Gasteiger partial charge in [0.1, 0.15) is 5.60 Å². The van der Waals surface area contributed by atoms with Gasteiger partial charge in [0, 0.05) is 8.07 Å². The summed E-state index contributed by atoms with van der Waals surface area (Å²) < 4.78 is 5.23. The van der Waals surface area contributed by atoms with Crippen LogP contribution in [0.3, 0.4) is 0 Å². The van der Waals surface area contributed by atoms with Crippen LogP contribution in [-0.2, 0) is 4.74 Å². The fourth-order valence-corrected chi connectivity index (χ4v) is 4.65. The first-order valence-electron chi connectivity index (χ1n) is 6.77. The van der Waals surface area contributed by atoms with Gasteiger partial charge in [-0.15, -0.1) is 0 Å². The molecule has 4 nitrogen and oxygen atoms in total. The molecule has 0 aromatic heterocycles. The lowest BCUT2D eigenvalue weighted by Gasteiger charge is -2.25. The number of rotatable bonds is 1. The molecule has 2 N–H and O–H groups in total. The molecule has 1 amide bonds. The average Bonchev–Trinajstić information content (AvgIpc) is 2.28. The maximum absolute atomic E-state index is 11.7. The molecule has 18 heavy (non-hydrogen) atoms. The second-order valence-corrected chi connectivity index (χ2v) is 12.4. The van der Waals surface area contributed by atoms with Crippen molar-refractivity contribution in [2.45, 2.75) is 76.5 Å². The lowest BCUT2D eigenvalue weighted by molar-refractivity contribution is 0.0418. The summed E-state index contributed by atoms with van der Waals surface area (Å²) in [5.41, 5.74) is -0.492. The predicted octanol–water partition coefficient (Wildman–Crippen LogP) is 2.74. The Morgan fingerprint density at radius 3 is 2.39 bits per heavy atom. The Morgan fingerprint density at radius 1 is 1.28 bits per heavy atom. The Labute approximate surface area is 111 Å². The van der Waals surface area contributed by atoms with Gasteiger partial charge in [-0.2, -0.15) is 0 Å². The molecule has 0 saturated carbocycles. The lowest BCUT2D eigenvalue weighted by Crippen LogP contribution is -2.44. The third-order valence-corrected chi connectivity index (χ3v) is 6.70. The minimum atomic E-state index is -1.17. The highest BCUT2D eigenvalue weighted by Gasteiger charge is 2.32. The second-order valence-electron chi connectivity index (χ2n) is 7.06. The summed E-state index contributed by atoms with van der Waals surface area (Å²) in [5, 5.41) is 12.9. The van der Waals surface area contributed by atoms with E-state index in [-0.39, 0.29) is 6.04 Å². The summed E-state index contributed by atoms with van der Waals surface area (Å²) in [4.78, 5) is 11.7. The maximum atomic E-state index is 11.7. The van der Waals surface area contributed by atoms with Crippen LogP contribution in [0.4, 0.5) is 4.79 Å². The molecule has 1 heterocycles. The summed E-state index contributed by atoms with van der Waals surface area (Å²) in [5.74, 6) is 0. The number of carbonyl (C=O) groups excluding carboxylic acids is 1. The number of carbonyl (C=O) groups is 1. The summed E-state index contributed by atoms with van der Waals surface area (Å²) in [6.45, 7) is 10.2. The Kier molecular flexibility index (Phi) is 4.83. The number of alkyl carbamates (subject to hydrolysis) is 1. The van der Waals surface area contributed by atoms with Gasteiger partial charge in [-0.3, -0.25) is 0 Å². The standard InChI is InChI=1S/C13H27NO3Si/c1-13(2,3)17-12(16)14-10-6-8-18(4,5)9-7-11(10)15/h10-11,15H,6-9H2,1-5H3,(H,14,16)/t10-,11+/m0/s1.